The van der Waals surface area contributed by atoms with Crippen LogP contribution in [0.25, 0.3) is 0 Å². The summed E-state index contributed by atoms with van der Waals surface area (Å²) in [7, 11) is 1.31. The van der Waals surface area contributed by atoms with Crippen LogP contribution >= 0.6 is 24.0 Å². The molecule has 0 aliphatic carbocycles. The first-order valence-corrected chi connectivity index (χ1v) is 12.0. The molecule has 1 saturated heterocycles. The summed E-state index contributed by atoms with van der Waals surface area (Å²) in [5.41, 5.74) is 0.709. The van der Waals surface area contributed by atoms with Gasteiger partial charge in [0.25, 0.3) is 0 Å². The van der Waals surface area contributed by atoms with Gasteiger partial charge >= 0.3 is 0 Å². The lowest BCUT2D eigenvalue weighted by molar-refractivity contribution is 0.0132. The third-order valence-electron chi connectivity index (χ3n) is 5.21. The van der Waals surface area contributed by atoms with Crippen LogP contribution in [0, 0.1) is 5.92 Å². The number of ether oxygens (including phenoxy) is 1. The molecule has 1 aromatic rings. The number of rotatable bonds is 9. The Bertz CT molecular complexity index is 796. The van der Waals surface area contributed by atoms with Crippen molar-refractivity contribution in [2.24, 2.45) is 10.9 Å². The summed E-state index contributed by atoms with van der Waals surface area (Å²) in [6.07, 6.45) is 1.09. The van der Waals surface area contributed by atoms with E-state index in [0.717, 1.165) is 39.3 Å². The highest BCUT2D eigenvalue weighted by Gasteiger charge is 2.23. The Morgan fingerprint density at radius 2 is 1.84 bits per heavy atom. The lowest BCUT2D eigenvalue weighted by Crippen LogP contribution is -2.51. The minimum absolute atomic E-state index is 0. The van der Waals surface area contributed by atoms with Crippen LogP contribution in [0.2, 0.25) is 0 Å². The number of halogens is 1. The summed E-state index contributed by atoms with van der Waals surface area (Å²) in [6.45, 7) is 9.06. The molecule has 0 saturated carbocycles. The van der Waals surface area contributed by atoms with Crippen molar-refractivity contribution in [1.29, 1.82) is 0 Å². The van der Waals surface area contributed by atoms with Crippen molar-refractivity contribution >= 4 is 40.0 Å². The van der Waals surface area contributed by atoms with Crippen LogP contribution in [0.5, 0.6) is 0 Å². The van der Waals surface area contributed by atoms with Gasteiger partial charge in [0.05, 0.1) is 18.1 Å². The molecule has 2 N–H and O–H groups in total. The van der Waals surface area contributed by atoms with Crippen molar-refractivity contribution in [2.75, 3.05) is 54.0 Å². The number of morpholine rings is 1. The molecule has 1 heterocycles. The van der Waals surface area contributed by atoms with E-state index in [-0.39, 0.29) is 24.0 Å². The third kappa shape index (κ3) is 8.49. The summed E-state index contributed by atoms with van der Waals surface area (Å²) in [4.78, 5) is 7.10. The quantitative estimate of drug-likeness (QED) is 0.270. The van der Waals surface area contributed by atoms with Crippen LogP contribution < -0.4 is 10.6 Å². The normalized spacial score (nSPS) is 16.8. The topological polar surface area (TPSA) is 86.3 Å². The van der Waals surface area contributed by atoms with Crippen molar-refractivity contribution in [3.8, 4) is 0 Å². The van der Waals surface area contributed by atoms with Crippen molar-refractivity contribution in [3.63, 3.8) is 0 Å². The fourth-order valence-corrected chi connectivity index (χ4v) is 4.68. The number of nitrogens with one attached hydrogen (secondary N) is 2. The van der Waals surface area contributed by atoms with Crippen LogP contribution in [0.15, 0.2) is 34.2 Å². The fourth-order valence-electron chi connectivity index (χ4n) is 3.56. The molecule has 1 unspecified atom stereocenters. The number of hydrogen-bond acceptors (Lipinski definition) is 5. The van der Waals surface area contributed by atoms with Gasteiger partial charge in [-0.25, -0.2) is 12.7 Å². The minimum atomic E-state index is -3.50. The molecule has 1 atom stereocenters. The average Bonchev–Trinajstić information content (AvgIpc) is 2.73. The lowest BCUT2D eigenvalue weighted by atomic mass is 10.0. The van der Waals surface area contributed by atoms with Gasteiger partial charge in [-0.3, -0.25) is 9.89 Å². The van der Waals surface area contributed by atoms with Gasteiger partial charge in [0.1, 0.15) is 0 Å². The Morgan fingerprint density at radius 3 is 2.42 bits per heavy atom. The molecule has 31 heavy (non-hydrogen) atoms. The summed E-state index contributed by atoms with van der Waals surface area (Å²) < 4.78 is 31.9. The molecular weight excluding hydrogens is 529 g/mol. The summed E-state index contributed by atoms with van der Waals surface area (Å²) in [5, 5.41) is 6.68. The number of nitrogens with zero attached hydrogens (tertiary/aromatic N) is 3. The zero-order valence-corrected chi connectivity index (χ0v) is 22.4. The Kier molecular flexibility index (Phi) is 12.3. The van der Waals surface area contributed by atoms with Crippen LogP contribution in [-0.2, 0) is 21.3 Å². The standard InChI is InChI=1S/C21H37N5O3S.HI/c1-17(2)14-19(26-10-12-29-13-11-26)16-24-21(22-3)23-15-18-8-6-7-9-20(18)30(27,28)25(4)5;/h6-9,17,19H,10-16H2,1-5H3,(H2,22,23,24);1H. The van der Waals surface area contributed by atoms with Gasteiger partial charge in [-0.1, -0.05) is 32.0 Å². The Morgan fingerprint density at radius 1 is 1.19 bits per heavy atom. The molecule has 0 aromatic heterocycles. The monoisotopic (exact) mass is 567 g/mol. The molecule has 0 spiro atoms. The van der Waals surface area contributed by atoms with Crippen LogP contribution in [0.3, 0.4) is 0 Å². The van der Waals surface area contributed by atoms with Crippen LogP contribution in [-0.4, -0.2) is 83.6 Å². The second-order valence-corrected chi connectivity index (χ2v) is 10.3. The molecule has 10 heteroatoms. The van der Waals surface area contributed by atoms with Crippen molar-refractivity contribution in [2.45, 2.75) is 37.8 Å². The average molecular weight is 568 g/mol. The van der Waals surface area contributed by atoms with Gasteiger partial charge in [-0.05, 0) is 24.0 Å². The Labute approximate surface area is 204 Å². The van der Waals surface area contributed by atoms with Gasteiger partial charge < -0.3 is 15.4 Å². The largest absolute Gasteiger partial charge is 0.379 e. The van der Waals surface area contributed by atoms with Crippen LogP contribution in [0.1, 0.15) is 25.8 Å². The first-order chi connectivity index (χ1) is 14.3. The van der Waals surface area contributed by atoms with Gasteiger partial charge in [0.15, 0.2) is 5.96 Å². The maximum atomic E-state index is 12.6. The van der Waals surface area contributed by atoms with Crippen molar-refractivity contribution < 1.29 is 13.2 Å². The number of aliphatic imine (C=N–C) groups is 1. The highest BCUT2D eigenvalue weighted by Crippen LogP contribution is 2.18. The smallest absolute Gasteiger partial charge is 0.242 e. The number of guanidine groups is 1. The molecule has 0 amide bonds. The highest BCUT2D eigenvalue weighted by atomic mass is 127. The number of hydrogen-bond donors (Lipinski definition) is 2. The SMILES string of the molecule is CN=C(NCc1ccccc1S(=O)(=O)N(C)C)NCC(CC(C)C)N1CCOCC1.I. The van der Waals surface area contributed by atoms with E-state index in [4.69, 9.17) is 4.74 Å². The highest BCUT2D eigenvalue weighted by molar-refractivity contribution is 14.0. The molecule has 8 nitrogen and oxygen atoms in total. The van der Waals surface area contributed by atoms with Crippen molar-refractivity contribution in [1.82, 2.24) is 19.8 Å². The van der Waals surface area contributed by atoms with E-state index >= 15 is 0 Å². The zero-order chi connectivity index (χ0) is 22.1. The molecule has 178 valence electrons. The van der Waals surface area contributed by atoms with Crippen molar-refractivity contribution in [3.05, 3.63) is 29.8 Å². The van der Waals surface area contributed by atoms with E-state index in [0.29, 0.717) is 34.9 Å². The van der Waals surface area contributed by atoms with Gasteiger partial charge in [0.2, 0.25) is 10.0 Å². The number of benzene rings is 1. The molecule has 1 aliphatic rings. The number of sulfonamides is 1. The van der Waals surface area contributed by atoms with Gasteiger partial charge in [-0.15, -0.1) is 24.0 Å². The molecule has 0 bridgehead atoms. The summed E-state index contributed by atoms with van der Waals surface area (Å²) >= 11 is 0. The molecule has 1 aliphatic heterocycles. The molecular formula is C21H38IN5O3S. The maximum Gasteiger partial charge on any atom is 0.242 e. The summed E-state index contributed by atoms with van der Waals surface area (Å²) in [6, 6.07) is 7.45. The molecule has 1 fully saturated rings. The molecule has 0 radical (unpaired) electrons. The van der Waals surface area contributed by atoms with E-state index in [1.807, 2.05) is 12.1 Å². The van der Waals surface area contributed by atoms with Crippen LogP contribution in [0.4, 0.5) is 0 Å². The molecule has 2 rings (SSSR count). The van der Waals surface area contributed by atoms with Gasteiger partial charge in [-0.2, -0.15) is 0 Å². The van der Waals surface area contributed by atoms with E-state index < -0.39 is 10.0 Å². The second-order valence-electron chi connectivity index (χ2n) is 8.13. The first-order valence-electron chi connectivity index (χ1n) is 10.5. The zero-order valence-electron chi connectivity index (χ0n) is 19.3. The Balaban J connectivity index is 0.00000480. The van der Waals surface area contributed by atoms with Gasteiger partial charge in [0, 0.05) is 53.4 Å². The van der Waals surface area contributed by atoms with E-state index in [9.17, 15) is 8.42 Å². The maximum absolute atomic E-state index is 12.6. The molecule has 1 aromatic carbocycles. The predicted octanol–water partition coefficient (Wildman–Crippen LogP) is 1.97. The second kappa shape index (κ2) is 13.6. The fraction of sp³-hybridized carbons (Fsp3) is 0.667. The van der Waals surface area contributed by atoms with E-state index in [1.54, 1.807) is 33.3 Å². The third-order valence-corrected chi connectivity index (χ3v) is 7.13. The van der Waals surface area contributed by atoms with E-state index in [2.05, 4.69) is 34.4 Å². The minimum Gasteiger partial charge on any atom is -0.379 e. The predicted molar refractivity (Wildman–Crippen MR) is 137 cm³/mol. The van der Waals surface area contributed by atoms with E-state index in [1.165, 1.54) is 4.31 Å². The first kappa shape index (κ1) is 28.1. The summed E-state index contributed by atoms with van der Waals surface area (Å²) in [5.74, 6) is 1.26. The Hall–Kier alpha value is -0.950. The lowest BCUT2D eigenvalue weighted by Gasteiger charge is -2.35.